The van der Waals surface area contributed by atoms with Gasteiger partial charge < -0.3 is 9.72 Å². The molecule has 4 nitrogen and oxygen atoms in total. The molecule has 0 saturated carbocycles. The van der Waals surface area contributed by atoms with E-state index in [9.17, 15) is 0 Å². The predicted octanol–water partition coefficient (Wildman–Crippen LogP) is 5.79. The van der Waals surface area contributed by atoms with Gasteiger partial charge in [0.25, 0.3) is 0 Å². The highest BCUT2D eigenvalue weighted by molar-refractivity contribution is 7.71. The first-order valence-electron chi connectivity index (χ1n) is 9.04. The maximum absolute atomic E-state index is 5.94. The molecule has 28 heavy (non-hydrogen) atoms. The number of H-pyrrole nitrogens is 1. The SMILES string of the molecule is S=c1[nH]c(-c2ccc3cc(OCc4ccccc4)ccc3c2)cc2ccnn12. The number of aromatic amines is 1. The fourth-order valence-electron chi connectivity index (χ4n) is 3.32. The lowest BCUT2D eigenvalue weighted by Crippen LogP contribution is -1.95. The Morgan fingerprint density at radius 3 is 2.61 bits per heavy atom. The second-order valence-corrected chi connectivity index (χ2v) is 7.04. The number of hydrogen-bond acceptors (Lipinski definition) is 3. The molecular formula is C23H17N3OS. The van der Waals surface area contributed by atoms with Crippen LogP contribution in [0.5, 0.6) is 5.75 Å². The van der Waals surface area contributed by atoms with Crippen LogP contribution in [0.25, 0.3) is 27.5 Å². The summed E-state index contributed by atoms with van der Waals surface area (Å²) in [5.41, 5.74) is 4.19. The van der Waals surface area contributed by atoms with Crippen molar-refractivity contribution in [3.8, 4) is 17.0 Å². The zero-order valence-corrected chi connectivity index (χ0v) is 15.8. The van der Waals surface area contributed by atoms with Gasteiger partial charge in [0.15, 0.2) is 4.77 Å². The Bertz CT molecular complexity index is 1340. The first kappa shape index (κ1) is 16.7. The van der Waals surface area contributed by atoms with Gasteiger partial charge in [-0.2, -0.15) is 5.10 Å². The Hall–Kier alpha value is -3.44. The lowest BCUT2D eigenvalue weighted by atomic mass is 10.0. The third-order valence-electron chi connectivity index (χ3n) is 4.77. The Morgan fingerprint density at radius 1 is 0.893 bits per heavy atom. The van der Waals surface area contributed by atoms with Gasteiger partial charge in [-0.25, -0.2) is 4.52 Å². The predicted molar refractivity (Wildman–Crippen MR) is 114 cm³/mol. The fraction of sp³-hybridized carbons (Fsp3) is 0.0435. The van der Waals surface area contributed by atoms with Gasteiger partial charge >= 0.3 is 0 Å². The molecule has 5 rings (SSSR count). The van der Waals surface area contributed by atoms with Gasteiger partial charge in [-0.15, -0.1) is 0 Å². The van der Waals surface area contributed by atoms with Crippen LogP contribution in [-0.4, -0.2) is 14.6 Å². The van der Waals surface area contributed by atoms with E-state index in [0.29, 0.717) is 11.4 Å². The van der Waals surface area contributed by atoms with Crippen molar-refractivity contribution in [2.24, 2.45) is 0 Å². The Kier molecular flexibility index (Phi) is 4.14. The second-order valence-electron chi connectivity index (χ2n) is 6.65. The number of nitrogens with zero attached hydrogens (tertiary/aromatic N) is 2. The van der Waals surface area contributed by atoms with E-state index in [1.807, 2.05) is 30.3 Å². The molecule has 0 radical (unpaired) electrons. The number of ether oxygens (including phenoxy) is 1. The normalized spacial score (nSPS) is 11.1. The minimum atomic E-state index is 0.562. The van der Waals surface area contributed by atoms with Crippen LogP contribution in [0.1, 0.15) is 5.56 Å². The Morgan fingerprint density at radius 2 is 1.71 bits per heavy atom. The number of nitrogens with one attached hydrogen (secondary N) is 1. The van der Waals surface area contributed by atoms with Crippen molar-refractivity contribution >= 4 is 28.5 Å². The number of benzene rings is 3. The first-order chi connectivity index (χ1) is 13.8. The second kappa shape index (κ2) is 6.94. The van der Waals surface area contributed by atoms with Crippen molar-refractivity contribution in [2.75, 3.05) is 0 Å². The molecular weight excluding hydrogens is 366 g/mol. The summed E-state index contributed by atoms with van der Waals surface area (Å²) < 4.78 is 8.24. The van der Waals surface area contributed by atoms with Crippen LogP contribution in [0.4, 0.5) is 0 Å². The monoisotopic (exact) mass is 383 g/mol. The van der Waals surface area contributed by atoms with Gasteiger partial charge in [0, 0.05) is 5.69 Å². The van der Waals surface area contributed by atoms with Crippen LogP contribution in [0.2, 0.25) is 0 Å². The number of hydrogen-bond donors (Lipinski definition) is 1. The highest BCUT2D eigenvalue weighted by Gasteiger charge is 2.05. The Labute approximate surface area is 167 Å². The molecule has 0 amide bonds. The number of aromatic nitrogens is 3. The zero-order chi connectivity index (χ0) is 18.9. The molecule has 0 aliphatic heterocycles. The van der Waals surface area contributed by atoms with Gasteiger partial charge in [0.05, 0.1) is 11.7 Å². The van der Waals surface area contributed by atoms with E-state index in [1.54, 1.807) is 10.7 Å². The van der Waals surface area contributed by atoms with E-state index >= 15 is 0 Å². The van der Waals surface area contributed by atoms with Crippen molar-refractivity contribution in [3.05, 3.63) is 95.4 Å². The van der Waals surface area contributed by atoms with Gasteiger partial charge in [-0.1, -0.05) is 48.5 Å². The van der Waals surface area contributed by atoms with Gasteiger partial charge in [-0.05, 0) is 64.4 Å². The van der Waals surface area contributed by atoms with E-state index in [2.05, 4.69) is 58.6 Å². The van der Waals surface area contributed by atoms with Gasteiger partial charge in [0.2, 0.25) is 0 Å². The van der Waals surface area contributed by atoms with Crippen molar-refractivity contribution < 1.29 is 4.74 Å². The Balaban J connectivity index is 1.45. The van der Waals surface area contributed by atoms with Crippen LogP contribution < -0.4 is 4.74 Å². The average Bonchev–Trinajstić information content (AvgIpc) is 3.22. The number of rotatable bonds is 4. The van der Waals surface area contributed by atoms with E-state index in [0.717, 1.165) is 38.9 Å². The maximum atomic E-state index is 5.94. The van der Waals surface area contributed by atoms with E-state index in [4.69, 9.17) is 17.0 Å². The molecule has 0 aliphatic carbocycles. The molecule has 0 fully saturated rings. The quantitative estimate of drug-likeness (QED) is 0.399. The molecule has 0 bridgehead atoms. The van der Waals surface area contributed by atoms with Crippen LogP contribution in [0, 0.1) is 4.77 Å². The highest BCUT2D eigenvalue weighted by atomic mass is 32.1. The summed E-state index contributed by atoms with van der Waals surface area (Å²) in [5, 5.41) is 6.51. The summed E-state index contributed by atoms with van der Waals surface area (Å²) in [6.07, 6.45) is 1.75. The van der Waals surface area contributed by atoms with Crippen molar-refractivity contribution in [3.63, 3.8) is 0 Å². The summed E-state index contributed by atoms with van der Waals surface area (Å²) in [7, 11) is 0. The van der Waals surface area contributed by atoms with E-state index < -0.39 is 0 Å². The average molecular weight is 383 g/mol. The minimum absolute atomic E-state index is 0.562. The maximum Gasteiger partial charge on any atom is 0.199 e. The fourth-order valence-corrected chi connectivity index (χ4v) is 3.58. The summed E-state index contributed by atoms with van der Waals surface area (Å²) in [5.74, 6) is 0.865. The largest absolute Gasteiger partial charge is 0.489 e. The van der Waals surface area contributed by atoms with Crippen LogP contribution >= 0.6 is 12.2 Å². The van der Waals surface area contributed by atoms with Crippen LogP contribution in [0.15, 0.2) is 85.1 Å². The summed E-state index contributed by atoms with van der Waals surface area (Å²) >= 11 is 5.41. The molecule has 0 spiro atoms. The lowest BCUT2D eigenvalue weighted by Gasteiger charge is -2.09. The standard InChI is InChI=1S/C23H17N3OS/c28-23-25-22(14-20-10-11-24-26(20)23)19-7-6-18-13-21(9-8-17(18)12-19)27-15-16-4-2-1-3-5-16/h1-14H,15H2,(H,25,28). The molecule has 5 aromatic rings. The molecule has 0 aliphatic rings. The van der Waals surface area contributed by atoms with E-state index in [1.165, 1.54) is 0 Å². The van der Waals surface area contributed by atoms with Crippen molar-refractivity contribution in [1.29, 1.82) is 0 Å². The summed E-state index contributed by atoms with van der Waals surface area (Å²) in [4.78, 5) is 3.26. The van der Waals surface area contributed by atoms with Gasteiger partial charge in [0.1, 0.15) is 12.4 Å². The highest BCUT2D eigenvalue weighted by Crippen LogP contribution is 2.27. The third-order valence-corrected chi connectivity index (χ3v) is 5.04. The molecule has 1 N–H and O–H groups in total. The summed E-state index contributed by atoms with van der Waals surface area (Å²) in [6, 6.07) is 26.7. The molecule has 136 valence electrons. The smallest absolute Gasteiger partial charge is 0.199 e. The lowest BCUT2D eigenvalue weighted by molar-refractivity contribution is 0.306. The van der Waals surface area contributed by atoms with Gasteiger partial charge in [-0.3, -0.25) is 0 Å². The molecule has 0 unspecified atom stereocenters. The molecule has 0 atom stereocenters. The zero-order valence-electron chi connectivity index (χ0n) is 15.0. The van der Waals surface area contributed by atoms with E-state index in [-0.39, 0.29) is 0 Å². The molecule has 3 aromatic carbocycles. The topological polar surface area (TPSA) is 42.3 Å². The first-order valence-corrected chi connectivity index (χ1v) is 9.45. The molecule has 0 saturated heterocycles. The van der Waals surface area contributed by atoms with Crippen molar-refractivity contribution in [2.45, 2.75) is 6.61 Å². The number of fused-ring (bicyclic) bond motifs is 2. The summed E-state index contributed by atoms with van der Waals surface area (Å²) in [6.45, 7) is 0.562. The third kappa shape index (κ3) is 3.17. The van der Waals surface area contributed by atoms with Crippen LogP contribution in [-0.2, 0) is 6.61 Å². The molecule has 2 aromatic heterocycles. The van der Waals surface area contributed by atoms with Crippen molar-refractivity contribution in [1.82, 2.24) is 14.6 Å². The molecule has 2 heterocycles. The molecule has 5 heteroatoms. The minimum Gasteiger partial charge on any atom is -0.489 e. The van der Waals surface area contributed by atoms with Crippen LogP contribution in [0.3, 0.4) is 0 Å².